The Morgan fingerprint density at radius 3 is 2.38 bits per heavy atom. The van der Waals surface area contributed by atoms with Crippen LogP contribution in [0.25, 0.3) is 11.1 Å². The van der Waals surface area contributed by atoms with Crippen LogP contribution in [-0.4, -0.2) is 23.1 Å². The Hall–Kier alpha value is -2.63. The zero-order valence-corrected chi connectivity index (χ0v) is 15.9. The Bertz CT molecular complexity index is 985. The standard InChI is InChI=1S/C24H22F3NO/c25-24(26,27)22-9-5-4-8-21(22)19-11-10-17-12-13-28(15-20(17)14-19)16-23(29)18-6-2-1-3-7-18/h1-11,14,23,29H,12-13,15-16H2. The van der Waals surface area contributed by atoms with Crippen LogP contribution in [0.1, 0.15) is 28.4 Å². The zero-order chi connectivity index (χ0) is 20.4. The van der Waals surface area contributed by atoms with Crippen molar-refractivity contribution in [3.63, 3.8) is 0 Å². The summed E-state index contributed by atoms with van der Waals surface area (Å²) >= 11 is 0. The summed E-state index contributed by atoms with van der Waals surface area (Å²) in [5.41, 5.74) is 3.19. The molecule has 29 heavy (non-hydrogen) atoms. The van der Waals surface area contributed by atoms with Crippen molar-refractivity contribution in [3.05, 3.63) is 95.1 Å². The molecule has 5 heteroatoms. The summed E-state index contributed by atoms with van der Waals surface area (Å²) in [6, 6.07) is 20.8. The molecule has 1 unspecified atom stereocenters. The number of fused-ring (bicyclic) bond motifs is 1. The number of aliphatic hydroxyl groups is 1. The van der Waals surface area contributed by atoms with Gasteiger partial charge in [0.05, 0.1) is 11.7 Å². The van der Waals surface area contributed by atoms with E-state index >= 15 is 0 Å². The molecule has 4 rings (SSSR count). The number of nitrogens with zero attached hydrogens (tertiary/aromatic N) is 1. The van der Waals surface area contributed by atoms with Crippen LogP contribution in [0.5, 0.6) is 0 Å². The number of hydrogen-bond acceptors (Lipinski definition) is 2. The van der Waals surface area contributed by atoms with E-state index in [0.717, 1.165) is 35.7 Å². The van der Waals surface area contributed by atoms with Crippen LogP contribution >= 0.6 is 0 Å². The Balaban J connectivity index is 1.57. The second-order valence-corrected chi connectivity index (χ2v) is 7.44. The molecule has 0 aliphatic carbocycles. The SMILES string of the molecule is OC(CN1CCc2ccc(-c3ccccc3C(F)(F)F)cc2C1)c1ccccc1. The molecule has 0 saturated heterocycles. The van der Waals surface area contributed by atoms with Crippen molar-refractivity contribution >= 4 is 0 Å². The fraction of sp³-hybridized carbons (Fsp3) is 0.250. The minimum Gasteiger partial charge on any atom is -0.387 e. The summed E-state index contributed by atoms with van der Waals surface area (Å²) in [6.07, 6.45) is -4.16. The molecule has 1 heterocycles. The first-order valence-electron chi connectivity index (χ1n) is 9.65. The van der Waals surface area contributed by atoms with E-state index in [9.17, 15) is 18.3 Å². The topological polar surface area (TPSA) is 23.5 Å². The first kappa shape index (κ1) is 19.7. The highest BCUT2D eigenvalue weighted by Crippen LogP contribution is 2.38. The average Bonchev–Trinajstić information content (AvgIpc) is 2.73. The van der Waals surface area contributed by atoms with Gasteiger partial charge in [-0.15, -0.1) is 0 Å². The summed E-state index contributed by atoms with van der Waals surface area (Å²) in [5.74, 6) is 0. The first-order valence-corrected chi connectivity index (χ1v) is 9.65. The van der Waals surface area contributed by atoms with Crippen LogP contribution in [-0.2, 0) is 19.1 Å². The molecule has 1 aliphatic rings. The Morgan fingerprint density at radius 2 is 1.62 bits per heavy atom. The van der Waals surface area contributed by atoms with Crippen LogP contribution in [0.3, 0.4) is 0 Å². The molecule has 1 aliphatic heterocycles. The predicted molar refractivity (Wildman–Crippen MR) is 107 cm³/mol. The van der Waals surface area contributed by atoms with E-state index in [1.165, 1.54) is 12.1 Å². The lowest BCUT2D eigenvalue weighted by Gasteiger charge is -2.31. The lowest BCUT2D eigenvalue weighted by atomic mass is 9.92. The van der Waals surface area contributed by atoms with Gasteiger partial charge in [-0.3, -0.25) is 4.90 Å². The summed E-state index contributed by atoms with van der Waals surface area (Å²) < 4.78 is 40.2. The van der Waals surface area contributed by atoms with Crippen molar-refractivity contribution in [2.75, 3.05) is 13.1 Å². The van der Waals surface area contributed by atoms with E-state index in [-0.39, 0.29) is 5.56 Å². The Morgan fingerprint density at radius 1 is 0.897 bits per heavy atom. The van der Waals surface area contributed by atoms with Gasteiger partial charge >= 0.3 is 6.18 Å². The van der Waals surface area contributed by atoms with Crippen molar-refractivity contribution in [2.45, 2.75) is 25.2 Å². The molecule has 3 aromatic carbocycles. The number of benzene rings is 3. The molecule has 0 fully saturated rings. The highest BCUT2D eigenvalue weighted by molar-refractivity contribution is 5.69. The zero-order valence-electron chi connectivity index (χ0n) is 15.9. The molecule has 0 bridgehead atoms. The van der Waals surface area contributed by atoms with Gasteiger partial charge in [0.25, 0.3) is 0 Å². The maximum atomic E-state index is 13.4. The molecule has 1 N–H and O–H groups in total. The third-order valence-electron chi connectivity index (χ3n) is 5.46. The van der Waals surface area contributed by atoms with Gasteiger partial charge in [-0.2, -0.15) is 13.2 Å². The molecule has 1 atom stereocenters. The molecule has 0 spiro atoms. The number of hydrogen-bond donors (Lipinski definition) is 1. The van der Waals surface area contributed by atoms with Gasteiger partial charge in [-0.1, -0.05) is 60.7 Å². The number of alkyl halides is 3. The van der Waals surface area contributed by atoms with E-state index in [1.54, 1.807) is 12.1 Å². The average molecular weight is 397 g/mol. The summed E-state index contributed by atoms with van der Waals surface area (Å²) in [4.78, 5) is 2.15. The molecule has 0 radical (unpaired) electrons. The predicted octanol–water partition coefficient (Wildman–Crippen LogP) is 5.46. The van der Waals surface area contributed by atoms with E-state index in [1.807, 2.05) is 42.5 Å². The van der Waals surface area contributed by atoms with Gasteiger partial charge in [0.2, 0.25) is 0 Å². The van der Waals surface area contributed by atoms with Gasteiger partial charge < -0.3 is 5.11 Å². The fourth-order valence-electron chi connectivity index (χ4n) is 3.95. The number of aliphatic hydroxyl groups excluding tert-OH is 1. The summed E-state index contributed by atoms with van der Waals surface area (Å²) in [6.45, 7) is 1.92. The van der Waals surface area contributed by atoms with Crippen LogP contribution in [0.4, 0.5) is 13.2 Å². The van der Waals surface area contributed by atoms with Gasteiger partial charge in [0.1, 0.15) is 0 Å². The molecule has 150 valence electrons. The Kier molecular flexibility index (Phi) is 5.43. The molecule has 0 saturated carbocycles. The molecular formula is C24H22F3NO. The largest absolute Gasteiger partial charge is 0.417 e. The van der Waals surface area contributed by atoms with Gasteiger partial charge in [0.15, 0.2) is 0 Å². The molecular weight excluding hydrogens is 375 g/mol. The summed E-state index contributed by atoms with van der Waals surface area (Å²) in [7, 11) is 0. The van der Waals surface area contributed by atoms with Crippen LogP contribution < -0.4 is 0 Å². The normalized spacial score (nSPS) is 15.7. The minimum atomic E-state index is -4.39. The maximum Gasteiger partial charge on any atom is 0.417 e. The third-order valence-corrected chi connectivity index (χ3v) is 5.46. The molecule has 0 aromatic heterocycles. The highest BCUT2D eigenvalue weighted by Gasteiger charge is 2.33. The third kappa shape index (κ3) is 4.36. The number of β-amino-alcohol motifs (C(OH)–C–C–N with tert-alkyl or cyclic N) is 1. The number of halogens is 3. The van der Waals surface area contributed by atoms with Crippen LogP contribution in [0.2, 0.25) is 0 Å². The van der Waals surface area contributed by atoms with E-state index < -0.39 is 17.8 Å². The second-order valence-electron chi connectivity index (χ2n) is 7.44. The smallest absolute Gasteiger partial charge is 0.387 e. The monoisotopic (exact) mass is 397 g/mol. The fourth-order valence-corrected chi connectivity index (χ4v) is 3.95. The molecule has 0 amide bonds. The minimum absolute atomic E-state index is 0.198. The lowest BCUT2D eigenvalue weighted by Crippen LogP contribution is -2.34. The van der Waals surface area contributed by atoms with Gasteiger partial charge in [-0.25, -0.2) is 0 Å². The van der Waals surface area contributed by atoms with E-state index in [0.29, 0.717) is 18.7 Å². The Labute approximate surface area is 168 Å². The summed E-state index contributed by atoms with van der Waals surface area (Å²) in [5, 5.41) is 10.5. The molecule has 3 aromatic rings. The van der Waals surface area contributed by atoms with Crippen LogP contribution in [0, 0.1) is 0 Å². The number of rotatable bonds is 4. The van der Waals surface area contributed by atoms with Crippen molar-refractivity contribution < 1.29 is 18.3 Å². The maximum absolute atomic E-state index is 13.4. The van der Waals surface area contributed by atoms with Crippen molar-refractivity contribution in [2.24, 2.45) is 0 Å². The van der Waals surface area contributed by atoms with Crippen molar-refractivity contribution in [1.82, 2.24) is 4.90 Å². The van der Waals surface area contributed by atoms with Gasteiger partial charge in [0, 0.05) is 19.6 Å². The first-order chi connectivity index (χ1) is 13.9. The quantitative estimate of drug-likeness (QED) is 0.632. The van der Waals surface area contributed by atoms with Crippen LogP contribution in [0.15, 0.2) is 72.8 Å². The van der Waals surface area contributed by atoms with E-state index in [2.05, 4.69) is 4.90 Å². The van der Waals surface area contributed by atoms with Crippen molar-refractivity contribution in [3.8, 4) is 11.1 Å². The van der Waals surface area contributed by atoms with Gasteiger partial charge in [-0.05, 0) is 46.4 Å². The van der Waals surface area contributed by atoms with E-state index in [4.69, 9.17) is 0 Å². The molecule has 2 nitrogen and oxygen atoms in total. The highest BCUT2D eigenvalue weighted by atomic mass is 19.4. The van der Waals surface area contributed by atoms with Crippen molar-refractivity contribution in [1.29, 1.82) is 0 Å². The second kappa shape index (κ2) is 8.01. The lowest BCUT2D eigenvalue weighted by molar-refractivity contribution is -0.137.